The van der Waals surface area contributed by atoms with Crippen LogP contribution >= 0.6 is 24.8 Å². The standard InChI is InChI=1S/2C9H7.4CH3.2ClH.Si.Zr/c2*1-2-5-9-7-3-6-8(9)4-1;;;;;;;;/h2*1-7H;4*1H3;2*1H;;/q6*-1;;;;. The summed E-state index contributed by atoms with van der Waals surface area (Å²) < 4.78 is 0. The number of hydrogen-bond acceptors (Lipinski definition) is 0. The Morgan fingerprint density at radius 2 is 0.846 bits per heavy atom. The zero-order chi connectivity index (χ0) is 14.2. The Hall–Kier alpha value is -0.660. The van der Waals surface area contributed by atoms with E-state index in [1.54, 1.807) is 0 Å². The molecule has 0 saturated carbocycles. The van der Waals surface area contributed by atoms with Crippen LogP contribution in [0, 0.1) is 29.7 Å². The van der Waals surface area contributed by atoms with Gasteiger partial charge in [-0.25, -0.2) is 0 Å². The van der Waals surface area contributed by atoms with E-state index in [9.17, 15) is 0 Å². The first-order valence-corrected chi connectivity index (χ1v) is 10.6. The van der Waals surface area contributed by atoms with E-state index >= 15 is 0 Å². The molecular weight excluding hydrogens is 454 g/mol. The molecule has 4 aromatic carbocycles. The quantitative estimate of drug-likeness (QED) is 0.181. The molecule has 4 heteroatoms. The van der Waals surface area contributed by atoms with Crippen LogP contribution in [0.2, 0.25) is 0 Å². The molecule has 0 aliphatic heterocycles. The number of rotatable bonds is 0. The van der Waals surface area contributed by atoms with Crippen molar-refractivity contribution in [3.8, 4) is 0 Å². The molecule has 0 bridgehead atoms. The SMILES string of the molecule is Cl.Cl.[CH3-].[CH3-].[CH3-].[CH3-].[Si]=[Zr].c1ccc2[cH-]ccc2c1.c1ccc2[cH-]ccc2c1. The topological polar surface area (TPSA) is 0 Å². The molecule has 4 rings (SSSR count). The fourth-order valence-electron chi connectivity index (χ4n) is 2.14. The summed E-state index contributed by atoms with van der Waals surface area (Å²) in [5, 5.41) is 5.32. The van der Waals surface area contributed by atoms with Gasteiger partial charge in [-0.05, 0) is 0 Å². The Labute approximate surface area is 190 Å². The van der Waals surface area contributed by atoms with E-state index in [4.69, 9.17) is 0 Å². The molecule has 0 spiro atoms. The van der Waals surface area contributed by atoms with Gasteiger partial charge in [0, 0.05) is 0 Å². The normalized spacial score (nSPS) is 7.19. The van der Waals surface area contributed by atoms with Gasteiger partial charge in [-0.1, -0.05) is 12.1 Å². The van der Waals surface area contributed by atoms with Crippen molar-refractivity contribution in [1.29, 1.82) is 0 Å². The summed E-state index contributed by atoms with van der Waals surface area (Å²) in [5.74, 6) is 0. The van der Waals surface area contributed by atoms with Gasteiger partial charge in [-0.15, -0.1) is 84.1 Å². The molecule has 144 valence electrons. The van der Waals surface area contributed by atoms with Crippen molar-refractivity contribution in [2.75, 3.05) is 0 Å². The minimum Gasteiger partial charge on any atom is -0.168 e. The van der Waals surface area contributed by atoms with Crippen LogP contribution in [-0.2, 0) is 23.3 Å². The zero-order valence-corrected chi connectivity index (χ0v) is 21.0. The molecule has 0 aliphatic carbocycles. The van der Waals surface area contributed by atoms with Crippen molar-refractivity contribution in [2.24, 2.45) is 0 Å². The van der Waals surface area contributed by atoms with Crippen molar-refractivity contribution in [3.63, 3.8) is 0 Å². The summed E-state index contributed by atoms with van der Waals surface area (Å²) >= 11 is 1.36. The van der Waals surface area contributed by atoms with Gasteiger partial charge in [0.05, 0.1) is 0 Å². The van der Waals surface area contributed by atoms with Gasteiger partial charge in [0.1, 0.15) is 0 Å². The van der Waals surface area contributed by atoms with Gasteiger partial charge in [0.2, 0.25) is 0 Å². The third kappa shape index (κ3) is 10.5. The van der Waals surface area contributed by atoms with Crippen LogP contribution in [0.5, 0.6) is 0 Å². The van der Waals surface area contributed by atoms with Crippen molar-refractivity contribution < 1.29 is 23.3 Å². The number of fused-ring (bicyclic) bond motifs is 2. The molecule has 26 heavy (non-hydrogen) atoms. The predicted molar refractivity (Wildman–Crippen MR) is 125 cm³/mol. The second-order valence-electron chi connectivity index (χ2n) is 4.31. The van der Waals surface area contributed by atoms with Gasteiger partial charge in [-0.2, -0.15) is 35.0 Å². The first-order chi connectivity index (χ1) is 9.93. The molecule has 4 aromatic rings. The Morgan fingerprint density at radius 3 is 1.15 bits per heavy atom. The molecule has 0 aliphatic rings. The molecule has 0 unspecified atom stereocenters. The Kier molecular flexibility index (Phi) is 28.8. The van der Waals surface area contributed by atoms with Gasteiger partial charge < -0.3 is 29.7 Å². The van der Waals surface area contributed by atoms with Gasteiger partial charge >= 0.3 is 30.2 Å². The molecule has 0 saturated heterocycles. The third-order valence-corrected chi connectivity index (χ3v) is 3.10. The minimum atomic E-state index is 0. The van der Waals surface area contributed by atoms with E-state index in [1.807, 2.05) is 0 Å². The second-order valence-corrected chi connectivity index (χ2v) is 4.31. The maximum Gasteiger partial charge on any atom is -0.0809 e. The summed E-state index contributed by atoms with van der Waals surface area (Å²) in [6, 6.07) is 29.3. The second kappa shape index (κ2) is 20.6. The van der Waals surface area contributed by atoms with Gasteiger partial charge in [-0.3, -0.25) is 0 Å². The third-order valence-electron chi connectivity index (χ3n) is 3.10. The molecule has 0 heterocycles. The molecule has 0 N–H and O–H groups in total. The first kappa shape index (κ1) is 36.3. The van der Waals surface area contributed by atoms with Crippen LogP contribution in [0.25, 0.3) is 21.5 Å². The Bertz CT molecular complexity index is 651. The molecule has 0 amide bonds. The molecule has 0 atom stereocenters. The van der Waals surface area contributed by atoms with Crippen molar-refractivity contribution >= 4 is 53.2 Å². The maximum absolute atomic E-state index is 3.06. The van der Waals surface area contributed by atoms with E-state index in [0.717, 1.165) is 0 Å². The predicted octanol–water partition coefficient (Wildman–Crippen LogP) is 7.38. The number of hydrogen-bond donors (Lipinski definition) is 0. The van der Waals surface area contributed by atoms with E-state index < -0.39 is 0 Å². The summed E-state index contributed by atoms with van der Waals surface area (Å²) in [4.78, 5) is 0. The van der Waals surface area contributed by atoms with Crippen molar-refractivity contribution in [3.05, 3.63) is 115 Å². The molecule has 2 radical (unpaired) electrons. The Morgan fingerprint density at radius 1 is 0.538 bits per heavy atom. The number of halogens is 2. The Balaban J connectivity index is -0.0000000853. The molecule has 0 nitrogen and oxygen atoms in total. The van der Waals surface area contributed by atoms with E-state index in [1.165, 1.54) is 44.9 Å². The van der Waals surface area contributed by atoms with E-state index in [0.29, 0.717) is 0 Å². The van der Waals surface area contributed by atoms with Crippen LogP contribution < -0.4 is 0 Å². The number of benzene rings is 2. The van der Waals surface area contributed by atoms with Crippen LogP contribution in [0.4, 0.5) is 0 Å². The van der Waals surface area contributed by atoms with Gasteiger partial charge in [0.25, 0.3) is 0 Å². The summed E-state index contributed by atoms with van der Waals surface area (Å²) in [5.41, 5.74) is 0. The van der Waals surface area contributed by atoms with Crippen molar-refractivity contribution in [1.82, 2.24) is 0 Å². The fraction of sp³-hybridized carbons (Fsp3) is 0. The average Bonchev–Trinajstić information content (AvgIpc) is 3.18. The largest absolute Gasteiger partial charge is 0.168 e. The maximum atomic E-state index is 3.06. The minimum absolute atomic E-state index is 0. The van der Waals surface area contributed by atoms with Crippen LogP contribution in [0.3, 0.4) is 0 Å². The van der Waals surface area contributed by atoms with Gasteiger partial charge in [0.15, 0.2) is 0 Å². The zero-order valence-electron chi connectivity index (χ0n) is 15.9. The van der Waals surface area contributed by atoms with Crippen molar-refractivity contribution in [2.45, 2.75) is 0 Å². The molecular formula is C22H28Cl2SiZr-6. The summed E-state index contributed by atoms with van der Waals surface area (Å²) in [6.45, 7) is 3.06. The smallest absolute Gasteiger partial charge is 0.0809 e. The van der Waals surface area contributed by atoms with Crippen LogP contribution in [0.15, 0.2) is 84.9 Å². The summed E-state index contributed by atoms with van der Waals surface area (Å²) in [7, 11) is 0. The molecule has 0 aromatic heterocycles. The van der Waals surface area contributed by atoms with E-state index in [-0.39, 0.29) is 54.5 Å². The monoisotopic (exact) mass is 480 g/mol. The summed E-state index contributed by atoms with van der Waals surface area (Å²) in [6.07, 6.45) is 0. The van der Waals surface area contributed by atoms with Crippen LogP contribution in [0.1, 0.15) is 0 Å². The van der Waals surface area contributed by atoms with E-state index in [2.05, 4.69) is 91.8 Å². The average molecular weight is 483 g/mol. The fourth-order valence-corrected chi connectivity index (χ4v) is 2.14. The molecule has 0 fully saturated rings. The first-order valence-electron chi connectivity index (χ1n) is 6.39. The van der Waals surface area contributed by atoms with Crippen LogP contribution in [-0.4, -0.2) is 6.88 Å².